The predicted molar refractivity (Wildman–Crippen MR) is 147 cm³/mol. The Hall–Kier alpha value is -2.09. The third-order valence-electron chi connectivity index (χ3n) is 5.43. The number of methoxy groups -OCH3 is 1. The number of hydrogen-bond donors (Lipinski definition) is 1. The molecule has 2 aromatic rings. The Bertz CT molecular complexity index is 1020. The van der Waals surface area contributed by atoms with E-state index in [0.717, 1.165) is 30.4 Å². The average molecular weight is 538 g/mol. The topological polar surface area (TPSA) is 73.9 Å². The van der Waals surface area contributed by atoms with Crippen LogP contribution in [0.15, 0.2) is 36.4 Å². The van der Waals surface area contributed by atoms with Crippen molar-refractivity contribution < 1.29 is 23.2 Å². The first-order valence-corrected chi connectivity index (χ1v) is 14.0. The Morgan fingerprint density at radius 2 is 1.75 bits per heavy atom. The number of ether oxygens (including phenoxy) is 3. The molecule has 1 N–H and O–H groups in total. The molecule has 0 saturated heterocycles. The van der Waals surface area contributed by atoms with Crippen molar-refractivity contribution in [3.63, 3.8) is 0 Å². The second kappa shape index (κ2) is 14.0. The molecule has 0 fully saturated rings. The van der Waals surface area contributed by atoms with E-state index in [2.05, 4.69) is 11.6 Å². The van der Waals surface area contributed by atoms with E-state index < -0.39 is 21.8 Å². The molecule has 36 heavy (non-hydrogen) atoms. The molecule has 0 radical (unpaired) electrons. The summed E-state index contributed by atoms with van der Waals surface area (Å²) in [5, 5.41) is 0.601. The van der Waals surface area contributed by atoms with E-state index in [1.165, 1.54) is 0 Å². The summed E-state index contributed by atoms with van der Waals surface area (Å²) in [7, 11) is 0.170. The van der Waals surface area contributed by atoms with Crippen LogP contribution in [0.3, 0.4) is 0 Å². The summed E-state index contributed by atoms with van der Waals surface area (Å²) in [4.78, 5) is 12.8. The van der Waals surface area contributed by atoms with Gasteiger partial charge in [0.25, 0.3) is 0 Å². The molecule has 0 saturated carbocycles. The number of unbranched alkanes of at least 4 members (excludes halogenated alkanes) is 2. The lowest BCUT2D eigenvalue weighted by atomic mass is 9.93. The highest BCUT2D eigenvalue weighted by Gasteiger charge is 2.28. The standard InChI is InChI=1S/C28H40ClNO5S/c1-8-9-10-15-34-26(31)17-21-16-24(33-7)25(35-19(2)3)18-23(21)27(30-36(32)28(4,5)6)20-11-13-22(29)14-12-20/h11-14,16,18-19,27,30H,8-10,15,17H2,1-7H3. The molecule has 0 amide bonds. The number of benzene rings is 2. The highest BCUT2D eigenvalue weighted by atomic mass is 35.5. The van der Waals surface area contributed by atoms with Crippen LogP contribution in [0, 0.1) is 0 Å². The Kier molecular flexibility index (Phi) is 11.7. The number of hydrogen-bond acceptors (Lipinski definition) is 5. The van der Waals surface area contributed by atoms with Gasteiger partial charge in [-0.05, 0) is 82.0 Å². The first kappa shape index (κ1) is 30.1. The average Bonchev–Trinajstić information content (AvgIpc) is 2.80. The molecule has 200 valence electrons. The van der Waals surface area contributed by atoms with Gasteiger partial charge >= 0.3 is 5.97 Å². The van der Waals surface area contributed by atoms with Crippen LogP contribution in [0.4, 0.5) is 0 Å². The molecular weight excluding hydrogens is 498 g/mol. The van der Waals surface area contributed by atoms with E-state index in [1.807, 2.05) is 58.9 Å². The molecule has 0 spiro atoms. The van der Waals surface area contributed by atoms with Gasteiger partial charge in [-0.3, -0.25) is 4.79 Å². The summed E-state index contributed by atoms with van der Waals surface area (Å²) in [5.74, 6) is 0.747. The monoisotopic (exact) mass is 537 g/mol. The van der Waals surface area contributed by atoms with Gasteiger partial charge in [0.2, 0.25) is 0 Å². The number of rotatable bonds is 13. The van der Waals surface area contributed by atoms with Crippen LogP contribution in [0.5, 0.6) is 11.5 Å². The summed E-state index contributed by atoms with van der Waals surface area (Å²) >= 11 is 6.16. The van der Waals surface area contributed by atoms with Gasteiger partial charge in [-0.2, -0.15) is 0 Å². The fraction of sp³-hybridized carbons (Fsp3) is 0.536. The van der Waals surface area contributed by atoms with Crippen LogP contribution in [0.2, 0.25) is 5.02 Å². The fourth-order valence-electron chi connectivity index (χ4n) is 3.54. The van der Waals surface area contributed by atoms with E-state index >= 15 is 0 Å². The summed E-state index contributed by atoms with van der Waals surface area (Å²) in [6, 6.07) is 10.5. The van der Waals surface area contributed by atoms with Gasteiger partial charge in [-0.25, -0.2) is 8.93 Å². The lowest BCUT2D eigenvalue weighted by molar-refractivity contribution is -0.142. The van der Waals surface area contributed by atoms with Gasteiger partial charge in [0.15, 0.2) is 11.5 Å². The van der Waals surface area contributed by atoms with Crippen LogP contribution >= 0.6 is 11.6 Å². The molecule has 2 rings (SSSR count). The highest BCUT2D eigenvalue weighted by molar-refractivity contribution is 7.84. The minimum Gasteiger partial charge on any atom is -0.493 e. The zero-order chi connectivity index (χ0) is 26.9. The van der Waals surface area contributed by atoms with E-state index in [1.54, 1.807) is 19.2 Å². The lowest BCUT2D eigenvalue weighted by Crippen LogP contribution is -2.36. The second-order valence-electron chi connectivity index (χ2n) is 9.96. The quantitative estimate of drug-likeness (QED) is 0.231. The van der Waals surface area contributed by atoms with Crippen molar-refractivity contribution in [3.05, 3.63) is 58.1 Å². The smallest absolute Gasteiger partial charge is 0.310 e. The maximum atomic E-state index is 13.2. The van der Waals surface area contributed by atoms with Crippen LogP contribution in [0.1, 0.15) is 83.5 Å². The molecule has 0 bridgehead atoms. The predicted octanol–water partition coefficient (Wildman–Crippen LogP) is 6.55. The molecule has 2 unspecified atom stereocenters. The van der Waals surface area contributed by atoms with Crippen molar-refractivity contribution in [2.75, 3.05) is 13.7 Å². The molecule has 8 heteroatoms. The van der Waals surface area contributed by atoms with Crippen molar-refractivity contribution in [1.29, 1.82) is 0 Å². The lowest BCUT2D eigenvalue weighted by Gasteiger charge is -2.27. The first-order valence-electron chi connectivity index (χ1n) is 12.4. The van der Waals surface area contributed by atoms with E-state index in [-0.39, 0.29) is 18.5 Å². The van der Waals surface area contributed by atoms with Gasteiger partial charge < -0.3 is 14.2 Å². The maximum Gasteiger partial charge on any atom is 0.310 e. The van der Waals surface area contributed by atoms with Crippen LogP contribution in [-0.4, -0.2) is 34.7 Å². The molecule has 0 aliphatic heterocycles. The zero-order valence-electron chi connectivity index (χ0n) is 22.5. The highest BCUT2D eigenvalue weighted by Crippen LogP contribution is 2.37. The Morgan fingerprint density at radius 1 is 1.08 bits per heavy atom. The Balaban J connectivity index is 2.60. The Morgan fingerprint density at radius 3 is 2.31 bits per heavy atom. The van der Waals surface area contributed by atoms with Crippen LogP contribution < -0.4 is 14.2 Å². The third kappa shape index (κ3) is 9.09. The van der Waals surface area contributed by atoms with Gasteiger partial charge in [0.05, 0.1) is 48.0 Å². The molecule has 2 atom stereocenters. The minimum atomic E-state index is -1.40. The second-order valence-corrected chi connectivity index (χ2v) is 12.4. The molecule has 6 nitrogen and oxygen atoms in total. The van der Waals surface area contributed by atoms with Gasteiger partial charge in [-0.15, -0.1) is 0 Å². The summed E-state index contributed by atoms with van der Waals surface area (Å²) in [5.41, 5.74) is 2.33. The Labute approximate surface area is 223 Å². The number of nitrogens with one attached hydrogen (secondary N) is 1. The van der Waals surface area contributed by atoms with E-state index in [9.17, 15) is 9.00 Å². The normalized spacial score (nSPS) is 13.4. The van der Waals surface area contributed by atoms with Crippen LogP contribution in [0.25, 0.3) is 0 Å². The maximum absolute atomic E-state index is 13.2. The van der Waals surface area contributed by atoms with Gasteiger partial charge in [0, 0.05) is 5.02 Å². The molecular formula is C28H40ClNO5S. The number of esters is 1. The van der Waals surface area contributed by atoms with E-state index in [0.29, 0.717) is 28.7 Å². The fourth-order valence-corrected chi connectivity index (χ4v) is 4.50. The summed E-state index contributed by atoms with van der Waals surface area (Å²) < 4.78 is 33.1. The SMILES string of the molecule is CCCCCOC(=O)Cc1cc(OC)c(OC(C)C)cc1C(NS(=O)C(C)(C)C)c1ccc(Cl)cc1. The molecule has 0 heterocycles. The largest absolute Gasteiger partial charge is 0.493 e. The summed E-state index contributed by atoms with van der Waals surface area (Å²) in [6.07, 6.45) is 2.85. The van der Waals surface area contributed by atoms with Crippen LogP contribution in [-0.2, 0) is 26.9 Å². The van der Waals surface area contributed by atoms with Gasteiger partial charge in [-0.1, -0.05) is 43.5 Å². The molecule has 0 aliphatic carbocycles. The number of carbonyl (C=O) groups is 1. The third-order valence-corrected chi connectivity index (χ3v) is 7.24. The minimum absolute atomic E-state index is 0.0493. The van der Waals surface area contributed by atoms with Crippen molar-refractivity contribution in [2.45, 2.75) is 84.1 Å². The summed E-state index contributed by atoms with van der Waals surface area (Å²) in [6.45, 7) is 12.1. The number of halogens is 1. The zero-order valence-corrected chi connectivity index (χ0v) is 24.1. The molecule has 2 aromatic carbocycles. The van der Waals surface area contributed by atoms with Gasteiger partial charge in [0.1, 0.15) is 0 Å². The van der Waals surface area contributed by atoms with E-state index in [4.69, 9.17) is 25.8 Å². The van der Waals surface area contributed by atoms with Crippen molar-refractivity contribution in [1.82, 2.24) is 4.72 Å². The molecule has 0 aromatic heterocycles. The first-order chi connectivity index (χ1) is 17.0. The molecule has 0 aliphatic rings. The number of carbonyl (C=O) groups excluding carboxylic acids is 1. The van der Waals surface area contributed by atoms with Crippen molar-refractivity contribution >= 4 is 28.6 Å². The van der Waals surface area contributed by atoms with Crippen molar-refractivity contribution in [2.24, 2.45) is 0 Å². The van der Waals surface area contributed by atoms with Crippen molar-refractivity contribution in [3.8, 4) is 11.5 Å².